The van der Waals surface area contributed by atoms with Gasteiger partial charge in [-0.1, -0.05) is 0 Å². The quantitative estimate of drug-likeness (QED) is 0.478. The molecule has 2 rings (SSSR count). The standard InChI is InChI=1S/C14H17N3O4/c1-10(18)12-8-11(4-5-13(12)17(20)21)16-7-3-6-15(2)14(19)9-16/h4-5,8H,3,6-7,9H2,1-2H3. The number of hydrogen-bond donors (Lipinski definition) is 0. The highest BCUT2D eigenvalue weighted by molar-refractivity contribution is 5.99. The lowest BCUT2D eigenvalue weighted by Gasteiger charge is -2.22. The zero-order chi connectivity index (χ0) is 15.6. The Kier molecular flexibility index (Phi) is 4.21. The van der Waals surface area contributed by atoms with Crippen molar-refractivity contribution < 1.29 is 14.5 Å². The van der Waals surface area contributed by atoms with Crippen molar-refractivity contribution in [3.8, 4) is 0 Å². The summed E-state index contributed by atoms with van der Waals surface area (Å²) in [6.45, 7) is 2.87. The average molecular weight is 291 g/mol. The predicted molar refractivity (Wildman–Crippen MR) is 77.6 cm³/mol. The molecular weight excluding hydrogens is 274 g/mol. The molecule has 21 heavy (non-hydrogen) atoms. The second kappa shape index (κ2) is 5.90. The maximum atomic E-state index is 11.9. The van der Waals surface area contributed by atoms with Crippen LogP contribution in [0.1, 0.15) is 23.7 Å². The van der Waals surface area contributed by atoms with Crippen molar-refractivity contribution in [2.45, 2.75) is 13.3 Å². The molecule has 0 spiro atoms. The van der Waals surface area contributed by atoms with Crippen molar-refractivity contribution >= 4 is 23.1 Å². The molecular formula is C14H17N3O4. The number of amides is 1. The van der Waals surface area contributed by atoms with E-state index in [-0.39, 0.29) is 29.5 Å². The third-order valence-corrected chi connectivity index (χ3v) is 3.59. The molecule has 0 unspecified atom stereocenters. The van der Waals surface area contributed by atoms with Gasteiger partial charge in [-0.25, -0.2) is 0 Å². The van der Waals surface area contributed by atoms with Crippen molar-refractivity contribution in [3.63, 3.8) is 0 Å². The first-order chi connectivity index (χ1) is 9.90. The van der Waals surface area contributed by atoms with Crippen LogP contribution < -0.4 is 4.90 Å². The molecule has 1 saturated heterocycles. The van der Waals surface area contributed by atoms with Crippen LogP contribution >= 0.6 is 0 Å². The van der Waals surface area contributed by atoms with Gasteiger partial charge in [-0.3, -0.25) is 19.7 Å². The first-order valence-electron chi connectivity index (χ1n) is 6.68. The van der Waals surface area contributed by atoms with E-state index >= 15 is 0 Å². The van der Waals surface area contributed by atoms with Gasteiger partial charge in [0.05, 0.1) is 17.0 Å². The van der Waals surface area contributed by atoms with E-state index in [2.05, 4.69) is 0 Å². The van der Waals surface area contributed by atoms with Crippen LogP contribution in [0, 0.1) is 10.1 Å². The average Bonchev–Trinajstić information content (AvgIpc) is 2.60. The van der Waals surface area contributed by atoms with Gasteiger partial charge in [-0.15, -0.1) is 0 Å². The number of rotatable bonds is 3. The molecule has 7 heteroatoms. The Hall–Kier alpha value is -2.44. The van der Waals surface area contributed by atoms with Crippen molar-refractivity contribution in [1.82, 2.24) is 4.90 Å². The molecule has 1 heterocycles. The van der Waals surface area contributed by atoms with Gasteiger partial charge in [0.15, 0.2) is 5.78 Å². The number of nitro benzene ring substituents is 1. The normalized spacial score (nSPS) is 15.8. The molecule has 0 N–H and O–H groups in total. The maximum Gasteiger partial charge on any atom is 0.280 e. The van der Waals surface area contributed by atoms with Crippen LogP contribution in [0.15, 0.2) is 18.2 Å². The van der Waals surface area contributed by atoms with E-state index in [0.717, 1.165) is 6.42 Å². The molecule has 1 amide bonds. The Morgan fingerprint density at radius 3 is 2.67 bits per heavy atom. The van der Waals surface area contributed by atoms with Crippen LogP contribution in [0.25, 0.3) is 0 Å². The van der Waals surface area contributed by atoms with Crippen LogP contribution in [0.4, 0.5) is 11.4 Å². The first kappa shape index (κ1) is 15.0. The molecule has 1 aliphatic rings. The molecule has 1 aromatic rings. The van der Waals surface area contributed by atoms with E-state index in [1.54, 1.807) is 18.0 Å². The van der Waals surface area contributed by atoms with Gasteiger partial charge in [-0.2, -0.15) is 0 Å². The second-order valence-corrected chi connectivity index (χ2v) is 5.11. The van der Waals surface area contributed by atoms with Gasteiger partial charge in [0, 0.05) is 31.9 Å². The third kappa shape index (κ3) is 3.18. The lowest BCUT2D eigenvalue weighted by Crippen LogP contribution is -2.34. The summed E-state index contributed by atoms with van der Waals surface area (Å²) in [6, 6.07) is 4.41. The number of nitrogens with zero attached hydrogens (tertiary/aromatic N) is 3. The van der Waals surface area contributed by atoms with E-state index in [0.29, 0.717) is 18.8 Å². The van der Waals surface area contributed by atoms with E-state index in [9.17, 15) is 19.7 Å². The smallest absolute Gasteiger partial charge is 0.280 e. The van der Waals surface area contributed by atoms with E-state index in [1.807, 2.05) is 4.90 Å². The topological polar surface area (TPSA) is 83.8 Å². The summed E-state index contributed by atoms with van der Waals surface area (Å²) < 4.78 is 0. The summed E-state index contributed by atoms with van der Waals surface area (Å²) in [6.07, 6.45) is 0.814. The van der Waals surface area contributed by atoms with Gasteiger partial charge >= 0.3 is 0 Å². The molecule has 112 valence electrons. The summed E-state index contributed by atoms with van der Waals surface area (Å²) in [5.74, 6) is -0.364. The summed E-state index contributed by atoms with van der Waals surface area (Å²) >= 11 is 0. The number of hydrogen-bond acceptors (Lipinski definition) is 5. The molecule has 0 aromatic heterocycles. The SMILES string of the molecule is CC(=O)c1cc(N2CCCN(C)C(=O)C2)ccc1[N+](=O)[O-]. The lowest BCUT2D eigenvalue weighted by molar-refractivity contribution is -0.385. The van der Waals surface area contributed by atoms with Crippen LogP contribution in [0.5, 0.6) is 0 Å². The molecule has 0 aliphatic carbocycles. The monoisotopic (exact) mass is 291 g/mol. The minimum atomic E-state index is -0.568. The second-order valence-electron chi connectivity index (χ2n) is 5.11. The Morgan fingerprint density at radius 1 is 1.33 bits per heavy atom. The Labute approximate surface area is 122 Å². The number of ketones is 1. The molecule has 0 atom stereocenters. The van der Waals surface area contributed by atoms with E-state index < -0.39 is 4.92 Å². The minimum absolute atomic E-state index is 0.00442. The number of Topliss-reactive ketones (excluding diaryl/α,β-unsaturated/α-hetero) is 1. The number of likely N-dealkylation sites (N-methyl/N-ethyl adjacent to an activating group) is 1. The zero-order valence-corrected chi connectivity index (χ0v) is 12.0. The Bertz CT molecular complexity index is 600. The van der Waals surface area contributed by atoms with Crippen LogP contribution in [-0.2, 0) is 4.79 Å². The number of carbonyl (C=O) groups is 2. The number of benzene rings is 1. The highest BCUT2D eigenvalue weighted by Gasteiger charge is 2.23. The summed E-state index contributed by atoms with van der Waals surface area (Å²) in [7, 11) is 1.75. The molecule has 0 bridgehead atoms. The van der Waals surface area contributed by atoms with Gasteiger partial charge in [0.25, 0.3) is 5.69 Å². The summed E-state index contributed by atoms with van der Waals surface area (Å²) in [5.41, 5.74) is 0.529. The third-order valence-electron chi connectivity index (χ3n) is 3.59. The Morgan fingerprint density at radius 2 is 2.05 bits per heavy atom. The summed E-state index contributed by atoms with van der Waals surface area (Å²) in [4.78, 5) is 37.4. The largest absolute Gasteiger partial charge is 0.362 e. The molecule has 0 radical (unpaired) electrons. The van der Waals surface area contributed by atoms with Crippen molar-refractivity contribution in [3.05, 3.63) is 33.9 Å². The van der Waals surface area contributed by atoms with Gasteiger partial charge in [0.1, 0.15) is 0 Å². The predicted octanol–water partition coefficient (Wildman–Crippen LogP) is 1.47. The molecule has 1 aromatic carbocycles. The van der Waals surface area contributed by atoms with Crippen molar-refractivity contribution in [1.29, 1.82) is 0 Å². The number of nitro groups is 1. The summed E-state index contributed by atoms with van der Waals surface area (Å²) in [5, 5.41) is 10.9. The number of anilines is 1. The minimum Gasteiger partial charge on any atom is -0.362 e. The Balaban J connectivity index is 2.36. The highest BCUT2D eigenvalue weighted by Crippen LogP contribution is 2.26. The van der Waals surface area contributed by atoms with E-state index in [4.69, 9.17) is 0 Å². The van der Waals surface area contributed by atoms with Gasteiger partial charge < -0.3 is 9.80 Å². The molecule has 1 aliphatic heterocycles. The fourth-order valence-corrected chi connectivity index (χ4v) is 2.37. The molecule has 1 fully saturated rings. The fourth-order valence-electron chi connectivity index (χ4n) is 2.37. The van der Waals surface area contributed by atoms with Crippen LogP contribution in [0.2, 0.25) is 0 Å². The van der Waals surface area contributed by atoms with Gasteiger partial charge in [-0.05, 0) is 25.5 Å². The van der Waals surface area contributed by atoms with Crippen molar-refractivity contribution in [2.24, 2.45) is 0 Å². The van der Waals surface area contributed by atoms with Gasteiger partial charge in [0.2, 0.25) is 5.91 Å². The zero-order valence-electron chi connectivity index (χ0n) is 12.0. The lowest BCUT2D eigenvalue weighted by atomic mass is 10.1. The molecule has 0 saturated carbocycles. The van der Waals surface area contributed by atoms with Crippen LogP contribution in [0.3, 0.4) is 0 Å². The molecule has 7 nitrogen and oxygen atoms in total. The highest BCUT2D eigenvalue weighted by atomic mass is 16.6. The van der Waals surface area contributed by atoms with Crippen LogP contribution in [-0.4, -0.2) is 48.2 Å². The number of carbonyl (C=O) groups excluding carboxylic acids is 2. The maximum absolute atomic E-state index is 11.9. The van der Waals surface area contributed by atoms with Crippen molar-refractivity contribution in [2.75, 3.05) is 31.6 Å². The van der Waals surface area contributed by atoms with E-state index in [1.165, 1.54) is 19.1 Å². The fraction of sp³-hybridized carbons (Fsp3) is 0.429. The first-order valence-corrected chi connectivity index (χ1v) is 6.68.